The van der Waals surface area contributed by atoms with Crippen LogP contribution in [0.1, 0.15) is 21.7 Å². The molecule has 0 aliphatic carbocycles. The lowest BCUT2D eigenvalue weighted by Crippen LogP contribution is -2.13. The van der Waals surface area contributed by atoms with Gasteiger partial charge in [-0.05, 0) is 48.8 Å². The third-order valence-corrected chi connectivity index (χ3v) is 6.17. The Labute approximate surface area is 191 Å². The van der Waals surface area contributed by atoms with Crippen molar-refractivity contribution in [3.8, 4) is 5.75 Å². The van der Waals surface area contributed by atoms with E-state index in [4.69, 9.17) is 4.74 Å². The minimum atomic E-state index is -0.672. The molecule has 0 spiro atoms. The van der Waals surface area contributed by atoms with Crippen molar-refractivity contribution < 1.29 is 18.3 Å². The molecule has 2 aromatic heterocycles. The zero-order chi connectivity index (χ0) is 23.1. The summed E-state index contributed by atoms with van der Waals surface area (Å²) in [6.45, 7) is 1.73. The summed E-state index contributed by atoms with van der Waals surface area (Å²) < 4.78 is 39.1. The van der Waals surface area contributed by atoms with Crippen LogP contribution in [0.5, 0.6) is 5.75 Å². The standard InChI is InChI=1S/C23H17F2N5O2S/c1-12-22(33-29-26-12)21-16(23(31)28-27-21)8-14-10-30(2)18-4-3-5-19(20(14)18)32-11-13-6-7-15(24)9-17(13)25/h3-10H,11H2,1-2H3,(H,28,31)/b16-8-. The van der Waals surface area contributed by atoms with E-state index in [1.165, 1.54) is 23.7 Å². The van der Waals surface area contributed by atoms with Crippen LogP contribution in [0.4, 0.5) is 8.78 Å². The highest BCUT2D eigenvalue weighted by Crippen LogP contribution is 2.33. The largest absolute Gasteiger partial charge is 0.488 e. The van der Waals surface area contributed by atoms with Crippen LogP contribution in [-0.2, 0) is 18.4 Å². The van der Waals surface area contributed by atoms with Crippen LogP contribution >= 0.6 is 11.5 Å². The van der Waals surface area contributed by atoms with E-state index < -0.39 is 11.6 Å². The number of carbonyl (C=O) groups excluding carboxylic acids is 1. The smallest absolute Gasteiger partial charge is 0.273 e. The SMILES string of the molecule is Cc1nnsc1C1=NNC(=O)/C1=C\c1cn(C)c2cccc(OCc3ccc(F)cc3F)c12. The van der Waals surface area contributed by atoms with Gasteiger partial charge in [-0.1, -0.05) is 10.6 Å². The van der Waals surface area contributed by atoms with E-state index in [9.17, 15) is 13.6 Å². The molecular weight excluding hydrogens is 448 g/mol. The molecule has 1 aliphatic heterocycles. The Morgan fingerprint density at radius 2 is 2.09 bits per heavy atom. The highest BCUT2D eigenvalue weighted by molar-refractivity contribution is 7.08. The molecule has 0 unspecified atom stereocenters. The molecule has 1 aliphatic rings. The first-order chi connectivity index (χ1) is 15.9. The average molecular weight is 465 g/mol. The van der Waals surface area contributed by atoms with E-state index in [1.807, 2.05) is 29.9 Å². The predicted octanol–water partition coefficient (Wildman–Crippen LogP) is 4.11. The molecule has 3 heterocycles. The first-order valence-corrected chi connectivity index (χ1v) is 10.7. The first kappa shape index (κ1) is 21.0. The van der Waals surface area contributed by atoms with Gasteiger partial charge in [0.15, 0.2) is 0 Å². The molecule has 0 radical (unpaired) electrons. The Balaban J connectivity index is 1.56. The molecule has 0 fully saturated rings. The Morgan fingerprint density at radius 1 is 1.24 bits per heavy atom. The van der Waals surface area contributed by atoms with Gasteiger partial charge in [0.1, 0.15) is 29.7 Å². The van der Waals surface area contributed by atoms with Crippen LogP contribution in [0.3, 0.4) is 0 Å². The Hall–Kier alpha value is -3.92. The molecule has 166 valence electrons. The first-order valence-electron chi connectivity index (χ1n) is 9.96. The number of aryl methyl sites for hydroxylation is 2. The van der Waals surface area contributed by atoms with Crippen molar-refractivity contribution in [2.24, 2.45) is 12.1 Å². The molecule has 2 aromatic carbocycles. The number of hydrogen-bond donors (Lipinski definition) is 1. The van der Waals surface area contributed by atoms with E-state index in [-0.39, 0.29) is 18.1 Å². The number of benzene rings is 2. The van der Waals surface area contributed by atoms with Crippen molar-refractivity contribution in [3.63, 3.8) is 0 Å². The van der Waals surface area contributed by atoms with Crippen molar-refractivity contribution in [1.82, 2.24) is 19.6 Å². The lowest BCUT2D eigenvalue weighted by molar-refractivity contribution is -0.116. The van der Waals surface area contributed by atoms with Crippen LogP contribution in [-0.4, -0.2) is 25.8 Å². The molecule has 5 rings (SSSR count). The molecule has 10 heteroatoms. The van der Waals surface area contributed by atoms with Gasteiger partial charge in [-0.15, -0.1) is 5.10 Å². The van der Waals surface area contributed by atoms with Crippen LogP contribution in [0.25, 0.3) is 17.0 Å². The lowest BCUT2D eigenvalue weighted by atomic mass is 10.0. The molecule has 1 amide bonds. The number of ether oxygens (including phenoxy) is 1. The fraction of sp³-hybridized carbons (Fsp3) is 0.130. The summed E-state index contributed by atoms with van der Waals surface area (Å²) in [4.78, 5) is 13.3. The summed E-state index contributed by atoms with van der Waals surface area (Å²) in [5.74, 6) is -1.14. The van der Waals surface area contributed by atoms with E-state index >= 15 is 0 Å². The van der Waals surface area contributed by atoms with Crippen molar-refractivity contribution in [3.05, 3.63) is 81.5 Å². The van der Waals surface area contributed by atoms with E-state index in [0.717, 1.165) is 22.5 Å². The summed E-state index contributed by atoms with van der Waals surface area (Å²) >= 11 is 1.17. The highest BCUT2D eigenvalue weighted by Gasteiger charge is 2.27. The second kappa shape index (κ2) is 8.21. The number of rotatable bonds is 5. The van der Waals surface area contributed by atoms with Crippen molar-refractivity contribution in [2.75, 3.05) is 0 Å². The average Bonchev–Trinajstić information content (AvgIpc) is 3.46. The second-order valence-electron chi connectivity index (χ2n) is 7.52. The zero-order valence-corrected chi connectivity index (χ0v) is 18.4. The van der Waals surface area contributed by atoms with Crippen molar-refractivity contribution in [1.29, 1.82) is 0 Å². The fourth-order valence-electron chi connectivity index (χ4n) is 3.72. The molecule has 4 aromatic rings. The van der Waals surface area contributed by atoms with E-state index in [1.54, 1.807) is 19.1 Å². The van der Waals surface area contributed by atoms with Gasteiger partial charge in [-0.3, -0.25) is 4.79 Å². The van der Waals surface area contributed by atoms with Crippen LogP contribution in [0.2, 0.25) is 0 Å². The molecule has 0 saturated heterocycles. The molecule has 1 N–H and O–H groups in total. The molecule has 0 atom stereocenters. The summed E-state index contributed by atoms with van der Waals surface area (Å²) in [5.41, 5.74) is 5.90. The van der Waals surface area contributed by atoms with Gasteiger partial charge in [0.05, 0.1) is 21.7 Å². The third-order valence-electron chi connectivity index (χ3n) is 5.34. The number of fused-ring (bicyclic) bond motifs is 1. The molecule has 0 saturated carbocycles. The van der Waals surface area contributed by atoms with Gasteiger partial charge in [0.2, 0.25) is 0 Å². The Morgan fingerprint density at radius 3 is 2.85 bits per heavy atom. The Bertz CT molecular complexity index is 1470. The van der Waals surface area contributed by atoms with E-state index in [2.05, 4.69) is 20.1 Å². The fourth-order valence-corrected chi connectivity index (χ4v) is 4.38. The topological polar surface area (TPSA) is 81.4 Å². The van der Waals surface area contributed by atoms with Crippen molar-refractivity contribution >= 4 is 40.1 Å². The highest BCUT2D eigenvalue weighted by atomic mass is 32.1. The minimum Gasteiger partial charge on any atom is -0.488 e. The second-order valence-corrected chi connectivity index (χ2v) is 8.27. The third kappa shape index (κ3) is 3.78. The van der Waals surface area contributed by atoms with Gasteiger partial charge < -0.3 is 9.30 Å². The number of hydrazone groups is 1. The molecule has 7 nitrogen and oxygen atoms in total. The summed E-state index contributed by atoms with van der Waals surface area (Å²) in [5, 5.41) is 8.93. The van der Waals surface area contributed by atoms with E-state index in [0.29, 0.717) is 27.6 Å². The monoisotopic (exact) mass is 465 g/mol. The number of nitrogens with one attached hydrogen (secondary N) is 1. The maximum absolute atomic E-state index is 14.1. The molecular formula is C23H17F2N5O2S. The number of carbonyl (C=O) groups is 1. The molecule has 0 bridgehead atoms. The predicted molar refractivity (Wildman–Crippen MR) is 121 cm³/mol. The maximum Gasteiger partial charge on any atom is 0.273 e. The van der Waals surface area contributed by atoms with Crippen molar-refractivity contribution in [2.45, 2.75) is 13.5 Å². The number of amides is 1. The van der Waals surface area contributed by atoms with Crippen LogP contribution in [0, 0.1) is 18.6 Å². The number of hydrogen-bond acceptors (Lipinski definition) is 6. The quantitative estimate of drug-likeness (QED) is 0.450. The summed E-state index contributed by atoms with van der Waals surface area (Å²) in [6.07, 6.45) is 3.62. The Kier molecular flexibility index (Phi) is 5.21. The number of halogens is 2. The normalized spacial score (nSPS) is 14.7. The van der Waals surface area contributed by atoms with Gasteiger partial charge >= 0.3 is 0 Å². The van der Waals surface area contributed by atoms with Gasteiger partial charge in [-0.25, -0.2) is 14.2 Å². The van der Waals surface area contributed by atoms with Crippen LogP contribution < -0.4 is 10.2 Å². The van der Waals surface area contributed by atoms with Gasteiger partial charge in [0.25, 0.3) is 5.91 Å². The van der Waals surface area contributed by atoms with Gasteiger partial charge in [0, 0.05) is 35.8 Å². The molecule has 33 heavy (non-hydrogen) atoms. The lowest BCUT2D eigenvalue weighted by Gasteiger charge is -2.10. The number of aromatic nitrogens is 3. The minimum absolute atomic E-state index is 0.0743. The summed E-state index contributed by atoms with van der Waals surface area (Å²) in [6, 6.07) is 8.90. The maximum atomic E-state index is 14.1. The number of nitrogens with zero attached hydrogens (tertiary/aromatic N) is 4. The zero-order valence-electron chi connectivity index (χ0n) is 17.6. The van der Waals surface area contributed by atoms with Gasteiger partial charge in [-0.2, -0.15) is 5.10 Å². The summed E-state index contributed by atoms with van der Waals surface area (Å²) in [7, 11) is 1.88. The van der Waals surface area contributed by atoms with Crippen LogP contribution in [0.15, 0.2) is 53.3 Å².